The molecular formula is C14H18N4O. The number of hydrogen-bond acceptors (Lipinski definition) is 3. The topological polar surface area (TPSA) is 65.5 Å². The van der Waals surface area contributed by atoms with Crippen LogP contribution in [0.4, 0.5) is 4.79 Å². The third-order valence-corrected chi connectivity index (χ3v) is 3.15. The fourth-order valence-corrected chi connectivity index (χ4v) is 1.91. The maximum absolute atomic E-state index is 11.1. The molecule has 0 bridgehead atoms. The van der Waals surface area contributed by atoms with Crippen molar-refractivity contribution in [3.8, 4) is 0 Å². The maximum atomic E-state index is 11.1. The number of aryl methyl sites for hydroxylation is 2. The van der Waals surface area contributed by atoms with E-state index in [9.17, 15) is 4.79 Å². The number of urea groups is 1. The molecule has 2 amide bonds. The van der Waals surface area contributed by atoms with Crippen molar-refractivity contribution in [3.05, 3.63) is 40.6 Å². The summed E-state index contributed by atoms with van der Waals surface area (Å²) < 4.78 is 0. The molecule has 0 aliphatic carbocycles. The van der Waals surface area contributed by atoms with Crippen LogP contribution in [0.2, 0.25) is 0 Å². The fourth-order valence-electron chi connectivity index (χ4n) is 1.91. The van der Waals surface area contributed by atoms with Crippen LogP contribution < -0.4 is 16.2 Å². The van der Waals surface area contributed by atoms with Crippen molar-refractivity contribution in [1.29, 1.82) is 0 Å². The lowest BCUT2D eigenvalue weighted by Crippen LogP contribution is -2.46. The summed E-state index contributed by atoms with van der Waals surface area (Å²) in [5.41, 5.74) is 10.2. The monoisotopic (exact) mass is 258 g/mol. The minimum absolute atomic E-state index is 0.295. The highest BCUT2D eigenvalue weighted by atomic mass is 16.2. The van der Waals surface area contributed by atoms with Gasteiger partial charge in [-0.25, -0.2) is 9.79 Å². The van der Waals surface area contributed by atoms with Crippen molar-refractivity contribution in [1.82, 2.24) is 16.2 Å². The van der Waals surface area contributed by atoms with E-state index in [1.807, 2.05) is 6.08 Å². The van der Waals surface area contributed by atoms with E-state index in [-0.39, 0.29) is 6.03 Å². The second-order valence-corrected chi connectivity index (χ2v) is 4.53. The molecule has 0 saturated carbocycles. The maximum Gasteiger partial charge on any atom is 0.333 e. The number of rotatable bonds is 0. The second kappa shape index (κ2) is 5.56. The number of carbonyl (C=O) groups is 1. The van der Waals surface area contributed by atoms with E-state index in [0.29, 0.717) is 12.3 Å². The molecule has 2 rings (SSSR count). The number of carbonyl (C=O) groups excluding carboxylic acids is 1. The number of nitrogens with one attached hydrogen (secondary N) is 3. The van der Waals surface area contributed by atoms with Crippen molar-refractivity contribution < 1.29 is 4.79 Å². The molecule has 0 saturated heterocycles. The van der Waals surface area contributed by atoms with Gasteiger partial charge < -0.3 is 5.32 Å². The molecule has 0 spiro atoms. The van der Waals surface area contributed by atoms with Gasteiger partial charge in [-0.3, -0.25) is 10.9 Å². The van der Waals surface area contributed by atoms with Crippen molar-refractivity contribution in [2.75, 3.05) is 7.05 Å². The van der Waals surface area contributed by atoms with Crippen molar-refractivity contribution in [2.45, 2.75) is 20.3 Å². The van der Waals surface area contributed by atoms with Gasteiger partial charge in [0.15, 0.2) is 0 Å². The lowest BCUT2D eigenvalue weighted by atomic mass is 9.98. The predicted molar refractivity (Wildman–Crippen MR) is 76.8 cm³/mol. The molecule has 1 aromatic rings. The zero-order valence-electron chi connectivity index (χ0n) is 11.4. The summed E-state index contributed by atoms with van der Waals surface area (Å²) in [6.45, 7) is 4.19. The van der Waals surface area contributed by atoms with Crippen LogP contribution in [-0.4, -0.2) is 18.9 Å². The zero-order valence-corrected chi connectivity index (χ0v) is 11.4. The Kier molecular flexibility index (Phi) is 3.85. The number of hydrazine groups is 1. The molecule has 100 valence electrons. The van der Waals surface area contributed by atoms with Gasteiger partial charge in [0.2, 0.25) is 0 Å². The molecule has 0 aromatic heterocycles. The van der Waals surface area contributed by atoms with Crippen LogP contribution in [0.15, 0.2) is 23.3 Å². The van der Waals surface area contributed by atoms with Crippen molar-refractivity contribution >= 4 is 17.9 Å². The number of hydrogen-bond donors (Lipinski definition) is 3. The summed E-state index contributed by atoms with van der Waals surface area (Å²) in [4.78, 5) is 15.4. The largest absolute Gasteiger partial charge is 0.340 e. The van der Waals surface area contributed by atoms with E-state index >= 15 is 0 Å². The first-order valence-electron chi connectivity index (χ1n) is 6.17. The molecule has 3 N–H and O–H groups in total. The van der Waals surface area contributed by atoms with Crippen LogP contribution in [0.1, 0.15) is 22.3 Å². The second-order valence-electron chi connectivity index (χ2n) is 4.53. The van der Waals surface area contributed by atoms with Gasteiger partial charge in [0.25, 0.3) is 0 Å². The first kappa shape index (κ1) is 13.1. The smallest absolute Gasteiger partial charge is 0.333 e. The summed E-state index contributed by atoms with van der Waals surface area (Å²) in [5, 5.41) is 2.47. The number of benzene rings is 1. The lowest BCUT2D eigenvalue weighted by Gasteiger charge is -2.12. The van der Waals surface area contributed by atoms with E-state index in [1.165, 1.54) is 22.3 Å². The Labute approximate surface area is 112 Å². The highest BCUT2D eigenvalue weighted by Crippen LogP contribution is 2.20. The molecule has 1 aliphatic heterocycles. The van der Waals surface area contributed by atoms with E-state index in [4.69, 9.17) is 0 Å². The van der Waals surface area contributed by atoms with Gasteiger partial charge in [-0.1, -0.05) is 12.1 Å². The van der Waals surface area contributed by atoms with Crippen molar-refractivity contribution in [3.63, 3.8) is 0 Å². The molecule has 5 heteroatoms. The van der Waals surface area contributed by atoms with Gasteiger partial charge in [-0.15, -0.1) is 0 Å². The first-order chi connectivity index (χ1) is 9.10. The Balaban J connectivity index is 2.16. The Morgan fingerprint density at radius 3 is 2.74 bits per heavy atom. The van der Waals surface area contributed by atoms with Gasteiger partial charge in [0.05, 0.1) is 0 Å². The van der Waals surface area contributed by atoms with Crippen LogP contribution in [0.3, 0.4) is 0 Å². The van der Waals surface area contributed by atoms with Gasteiger partial charge in [-0.2, -0.15) is 0 Å². The van der Waals surface area contributed by atoms with Crippen LogP contribution in [0, 0.1) is 13.8 Å². The van der Waals surface area contributed by atoms with E-state index < -0.39 is 0 Å². The summed E-state index contributed by atoms with van der Waals surface area (Å²) in [5.74, 6) is 0.710. The zero-order chi connectivity index (χ0) is 13.8. The van der Waals surface area contributed by atoms with Gasteiger partial charge in [0, 0.05) is 19.7 Å². The summed E-state index contributed by atoms with van der Waals surface area (Å²) in [7, 11) is 1.56. The third-order valence-electron chi connectivity index (χ3n) is 3.15. The number of nitrogens with zero attached hydrogens (tertiary/aromatic N) is 1. The SMILES string of the molecule is CNC(=O)NNC1=NC=Cc2cc(C)c(C)cc2C1. The molecule has 1 aliphatic rings. The van der Waals surface area contributed by atoms with Crippen LogP contribution in [-0.2, 0) is 6.42 Å². The highest BCUT2D eigenvalue weighted by molar-refractivity contribution is 5.89. The van der Waals surface area contributed by atoms with Gasteiger partial charge in [0.1, 0.15) is 5.84 Å². The minimum atomic E-state index is -0.295. The highest BCUT2D eigenvalue weighted by Gasteiger charge is 2.10. The molecule has 0 unspecified atom stereocenters. The van der Waals surface area contributed by atoms with Crippen molar-refractivity contribution in [2.24, 2.45) is 4.99 Å². The minimum Gasteiger partial charge on any atom is -0.340 e. The van der Waals surface area contributed by atoms with Crippen LogP contribution in [0.5, 0.6) is 0 Å². The quantitative estimate of drug-likeness (QED) is 0.620. The van der Waals surface area contributed by atoms with E-state index in [0.717, 1.165) is 0 Å². The van der Waals surface area contributed by atoms with Crippen LogP contribution in [0.25, 0.3) is 6.08 Å². The normalized spacial score (nSPS) is 13.1. The molecule has 0 atom stereocenters. The molecule has 1 heterocycles. The molecular weight excluding hydrogens is 240 g/mol. The Morgan fingerprint density at radius 1 is 1.26 bits per heavy atom. The standard InChI is InChI=1S/C14H18N4O/c1-9-6-11-4-5-16-13(17-18-14(19)15-3)8-12(11)7-10(9)2/h4-7H,8H2,1-3H3,(H,16,17)(H2,15,18,19). The summed E-state index contributed by atoms with van der Waals surface area (Å²) in [6.07, 6.45) is 4.39. The average Bonchev–Trinajstić information content (AvgIpc) is 2.58. The molecule has 5 nitrogen and oxygen atoms in total. The summed E-state index contributed by atoms with van der Waals surface area (Å²) >= 11 is 0. The van der Waals surface area contributed by atoms with Gasteiger partial charge in [-0.05, 0) is 42.2 Å². The predicted octanol–water partition coefficient (Wildman–Crippen LogP) is 1.66. The Bertz CT molecular complexity index is 561. The Morgan fingerprint density at radius 2 is 2.00 bits per heavy atom. The molecule has 0 radical (unpaired) electrons. The average molecular weight is 258 g/mol. The first-order valence-corrected chi connectivity index (χ1v) is 6.17. The van der Waals surface area contributed by atoms with E-state index in [2.05, 4.69) is 47.1 Å². The summed E-state index contributed by atoms with van der Waals surface area (Å²) in [6, 6.07) is 4.03. The third kappa shape index (κ3) is 3.13. The van der Waals surface area contributed by atoms with Crippen LogP contribution >= 0.6 is 0 Å². The molecule has 19 heavy (non-hydrogen) atoms. The number of aliphatic imine (C=N–C) groups is 1. The fraction of sp³-hybridized carbons (Fsp3) is 0.286. The number of amides is 2. The van der Waals surface area contributed by atoms with Gasteiger partial charge >= 0.3 is 6.03 Å². The number of amidine groups is 1. The number of fused-ring (bicyclic) bond motifs is 1. The van der Waals surface area contributed by atoms with E-state index in [1.54, 1.807) is 13.2 Å². The Hall–Kier alpha value is -2.30. The lowest BCUT2D eigenvalue weighted by molar-refractivity contribution is 0.241. The molecule has 1 aromatic carbocycles. The molecule has 0 fully saturated rings.